The summed E-state index contributed by atoms with van der Waals surface area (Å²) in [7, 11) is 0. The van der Waals surface area contributed by atoms with E-state index in [9.17, 15) is 0 Å². The maximum atomic E-state index is 2.55. The molecule has 0 spiro atoms. The van der Waals surface area contributed by atoms with Gasteiger partial charge in [-0.2, -0.15) is 0 Å². The summed E-state index contributed by atoms with van der Waals surface area (Å²) in [6.07, 6.45) is 0. The van der Waals surface area contributed by atoms with Gasteiger partial charge in [0.25, 0.3) is 0 Å². The van der Waals surface area contributed by atoms with Crippen LogP contribution >= 0.6 is 0 Å². The van der Waals surface area contributed by atoms with Gasteiger partial charge in [0.15, 0.2) is 0 Å². The molecule has 0 radical (unpaired) electrons. The van der Waals surface area contributed by atoms with E-state index in [0.29, 0.717) is 5.92 Å². The molecule has 0 saturated carbocycles. The van der Waals surface area contributed by atoms with Crippen LogP contribution in [0.15, 0.2) is 91.0 Å². The molecular weight excluding hydrogens is 422 g/mol. The van der Waals surface area contributed by atoms with Crippen molar-refractivity contribution in [2.24, 2.45) is 0 Å². The van der Waals surface area contributed by atoms with E-state index in [-0.39, 0.29) is 11.0 Å². The van der Waals surface area contributed by atoms with Gasteiger partial charge < -0.3 is 4.90 Å². The molecule has 0 heterocycles. The highest BCUT2D eigenvalue weighted by Crippen LogP contribution is 2.54. The van der Waals surface area contributed by atoms with Crippen molar-refractivity contribution in [3.05, 3.63) is 108 Å². The number of nitrogens with zero attached hydrogens (tertiary/aromatic N) is 1. The van der Waals surface area contributed by atoms with Crippen molar-refractivity contribution in [3.63, 3.8) is 0 Å². The monoisotopic (exact) mass is 459 g/mol. The minimum absolute atomic E-state index is 0.0308. The first-order chi connectivity index (χ1) is 16.6. The smallest absolute Gasteiger partial charge is 0.0454 e. The Morgan fingerprint density at radius 2 is 1.34 bits per heavy atom. The van der Waals surface area contributed by atoms with E-state index in [2.05, 4.69) is 144 Å². The molecule has 178 valence electrons. The van der Waals surface area contributed by atoms with Crippen molar-refractivity contribution in [2.75, 3.05) is 4.90 Å². The molecule has 0 aliphatic heterocycles. The average molecular weight is 460 g/mol. The van der Waals surface area contributed by atoms with Gasteiger partial charge in [-0.15, -0.1) is 0 Å². The van der Waals surface area contributed by atoms with Crippen molar-refractivity contribution >= 4 is 11.4 Å². The van der Waals surface area contributed by atoms with Crippen LogP contribution < -0.4 is 4.90 Å². The van der Waals surface area contributed by atoms with Crippen LogP contribution in [0.5, 0.6) is 0 Å². The lowest BCUT2D eigenvalue weighted by Gasteiger charge is -2.41. The molecule has 0 amide bonds. The molecule has 0 bridgehead atoms. The fourth-order valence-electron chi connectivity index (χ4n) is 6.03. The molecule has 4 aromatic rings. The third-order valence-electron chi connectivity index (χ3n) is 7.44. The zero-order valence-corrected chi connectivity index (χ0v) is 22.2. The average Bonchev–Trinajstić information content (AvgIpc) is 3.06. The Morgan fingerprint density at radius 3 is 2.03 bits per heavy atom. The second-order valence-corrected chi connectivity index (χ2v) is 11.7. The molecule has 4 aromatic carbocycles. The minimum atomic E-state index is -0.0945. The predicted molar refractivity (Wildman–Crippen MR) is 152 cm³/mol. The molecule has 1 heteroatoms. The number of anilines is 2. The Morgan fingerprint density at radius 1 is 0.686 bits per heavy atom. The van der Waals surface area contributed by atoms with Crippen molar-refractivity contribution in [2.45, 2.75) is 65.3 Å². The first-order valence-corrected chi connectivity index (χ1v) is 12.8. The maximum Gasteiger partial charge on any atom is 0.0454 e. The molecule has 1 nitrogen and oxygen atoms in total. The van der Waals surface area contributed by atoms with Crippen molar-refractivity contribution in [3.8, 4) is 22.3 Å². The summed E-state index contributed by atoms with van der Waals surface area (Å²) < 4.78 is 0. The second kappa shape index (κ2) is 8.41. The van der Waals surface area contributed by atoms with E-state index in [4.69, 9.17) is 0 Å². The van der Waals surface area contributed by atoms with Gasteiger partial charge in [-0.1, -0.05) is 100 Å². The van der Waals surface area contributed by atoms with Gasteiger partial charge in [0.05, 0.1) is 0 Å². The Hall–Kier alpha value is -3.32. The standard InChI is InChI=1S/C34H37N/c1-23(2)31-30(21-20-28-27-18-11-12-19-29(27)34(6,7)32(28)31)35(33(3,4)5)26-17-13-16-25(22-26)24-14-9-8-10-15-24/h8-23H,1-7H3. The van der Waals surface area contributed by atoms with E-state index < -0.39 is 0 Å². The normalized spacial score (nSPS) is 14.1. The maximum absolute atomic E-state index is 2.55. The number of fused-ring (bicyclic) bond motifs is 3. The zero-order chi connectivity index (χ0) is 25.0. The highest BCUT2D eigenvalue weighted by molar-refractivity contribution is 5.87. The van der Waals surface area contributed by atoms with E-state index in [1.54, 1.807) is 0 Å². The van der Waals surface area contributed by atoms with Crippen LogP contribution in [0.4, 0.5) is 11.4 Å². The molecule has 0 saturated heterocycles. The largest absolute Gasteiger partial charge is 0.336 e. The van der Waals surface area contributed by atoms with Crippen molar-refractivity contribution in [1.29, 1.82) is 0 Å². The molecule has 0 N–H and O–H groups in total. The zero-order valence-electron chi connectivity index (χ0n) is 22.2. The van der Waals surface area contributed by atoms with Crippen LogP contribution in [0.3, 0.4) is 0 Å². The summed E-state index contributed by atoms with van der Waals surface area (Å²) in [5.74, 6) is 0.399. The fraction of sp³-hybridized carbons (Fsp3) is 0.294. The molecule has 0 atom stereocenters. The van der Waals surface area contributed by atoms with Gasteiger partial charge >= 0.3 is 0 Å². The lowest BCUT2D eigenvalue weighted by atomic mass is 9.77. The number of hydrogen-bond donors (Lipinski definition) is 0. The molecule has 0 aromatic heterocycles. The number of rotatable bonds is 4. The lowest BCUT2D eigenvalue weighted by molar-refractivity contribution is 0.555. The van der Waals surface area contributed by atoms with E-state index in [1.165, 1.54) is 50.3 Å². The van der Waals surface area contributed by atoms with Crippen LogP contribution in [-0.2, 0) is 5.41 Å². The number of hydrogen-bond acceptors (Lipinski definition) is 1. The van der Waals surface area contributed by atoms with Crippen LogP contribution in [-0.4, -0.2) is 5.54 Å². The van der Waals surface area contributed by atoms with E-state index in [1.807, 2.05) is 0 Å². The Labute approximate surface area is 211 Å². The van der Waals surface area contributed by atoms with E-state index >= 15 is 0 Å². The van der Waals surface area contributed by atoms with Gasteiger partial charge in [0.1, 0.15) is 0 Å². The molecule has 1 aliphatic carbocycles. The SMILES string of the molecule is CC(C)c1c(N(c2cccc(-c3ccccc3)c2)C(C)(C)C)ccc2c1C(C)(C)c1ccccc1-2. The lowest BCUT2D eigenvalue weighted by Crippen LogP contribution is -2.38. The van der Waals surface area contributed by atoms with E-state index in [0.717, 1.165) is 0 Å². The molecule has 5 rings (SSSR count). The number of benzene rings is 4. The summed E-state index contributed by atoms with van der Waals surface area (Å²) in [5.41, 5.74) is 12.1. The van der Waals surface area contributed by atoms with Gasteiger partial charge in [-0.3, -0.25) is 0 Å². The topological polar surface area (TPSA) is 3.24 Å². The molecule has 0 fully saturated rings. The molecular formula is C34H37N. The quantitative estimate of drug-likeness (QED) is 0.293. The third kappa shape index (κ3) is 3.88. The van der Waals surface area contributed by atoms with Crippen LogP contribution in [0.2, 0.25) is 0 Å². The highest BCUT2D eigenvalue weighted by atomic mass is 15.2. The first-order valence-electron chi connectivity index (χ1n) is 12.8. The first kappa shape index (κ1) is 23.4. The van der Waals surface area contributed by atoms with Gasteiger partial charge in [-0.05, 0) is 83.8 Å². The Balaban J connectivity index is 1.75. The third-order valence-corrected chi connectivity index (χ3v) is 7.44. The van der Waals surface area contributed by atoms with Crippen molar-refractivity contribution < 1.29 is 0 Å². The highest BCUT2D eigenvalue weighted by Gasteiger charge is 2.40. The predicted octanol–water partition coefficient (Wildman–Crippen LogP) is 9.72. The summed E-state index contributed by atoms with van der Waals surface area (Å²) in [4.78, 5) is 2.55. The van der Waals surface area contributed by atoms with Crippen molar-refractivity contribution in [1.82, 2.24) is 0 Å². The van der Waals surface area contributed by atoms with Gasteiger partial charge in [-0.25, -0.2) is 0 Å². The Bertz CT molecular complexity index is 1370. The van der Waals surface area contributed by atoms with Crippen LogP contribution in [0, 0.1) is 0 Å². The summed E-state index contributed by atoms with van der Waals surface area (Å²) >= 11 is 0. The minimum Gasteiger partial charge on any atom is -0.336 e. The fourth-order valence-corrected chi connectivity index (χ4v) is 6.03. The molecule has 1 aliphatic rings. The summed E-state index contributed by atoms with van der Waals surface area (Å²) in [6.45, 7) is 16.4. The summed E-state index contributed by atoms with van der Waals surface area (Å²) in [5, 5.41) is 0. The molecule has 0 unspecified atom stereocenters. The van der Waals surface area contributed by atoms with Gasteiger partial charge in [0, 0.05) is 22.3 Å². The Kier molecular flexibility index (Phi) is 5.63. The van der Waals surface area contributed by atoms with Crippen LogP contribution in [0.25, 0.3) is 22.3 Å². The second-order valence-electron chi connectivity index (χ2n) is 11.7. The van der Waals surface area contributed by atoms with Crippen LogP contribution in [0.1, 0.15) is 71.1 Å². The molecule has 35 heavy (non-hydrogen) atoms. The summed E-state index contributed by atoms with van der Waals surface area (Å²) in [6, 6.07) is 33.4. The van der Waals surface area contributed by atoms with Gasteiger partial charge in [0.2, 0.25) is 0 Å².